The predicted octanol–water partition coefficient (Wildman–Crippen LogP) is 1.42. The number of carbonyl (C=O) groups is 2. The highest BCUT2D eigenvalue weighted by Crippen LogP contribution is 2.07. The number of aromatic nitrogens is 1. The third-order valence-corrected chi connectivity index (χ3v) is 2.71. The molecule has 0 saturated heterocycles. The number of anilines is 1. The van der Waals surface area contributed by atoms with E-state index in [1.54, 1.807) is 25.1 Å². The first-order chi connectivity index (χ1) is 10.1. The second kappa shape index (κ2) is 6.65. The van der Waals surface area contributed by atoms with Gasteiger partial charge in [0.1, 0.15) is 11.6 Å². The lowest BCUT2D eigenvalue weighted by Crippen LogP contribution is -2.36. The van der Waals surface area contributed by atoms with Gasteiger partial charge in [0, 0.05) is 12.6 Å². The first-order valence-electron chi connectivity index (χ1n) is 6.32. The minimum absolute atomic E-state index is 0.158. The molecule has 1 aromatic heterocycles. The summed E-state index contributed by atoms with van der Waals surface area (Å²) < 4.78 is 18.1. The third-order valence-electron chi connectivity index (χ3n) is 2.71. The summed E-state index contributed by atoms with van der Waals surface area (Å²) in [5, 5.41) is 8.24. The first-order valence-corrected chi connectivity index (χ1v) is 6.32. The molecule has 7 heteroatoms. The van der Waals surface area contributed by atoms with Crippen molar-refractivity contribution in [1.82, 2.24) is 10.5 Å². The van der Waals surface area contributed by atoms with E-state index < -0.39 is 11.8 Å². The number of carbonyl (C=O) groups excluding carboxylic acids is 2. The van der Waals surface area contributed by atoms with E-state index in [0.29, 0.717) is 17.7 Å². The number of amides is 2. The average Bonchev–Trinajstić information content (AvgIpc) is 2.86. The van der Waals surface area contributed by atoms with E-state index in [-0.39, 0.29) is 18.2 Å². The van der Waals surface area contributed by atoms with Gasteiger partial charge >= 0.3 is 11.8 Å². The Kier molecular flexibility index (Phi) is 4.65. The van der Waals surface area contributed by atoms with E-state index in [1.165, 1.54) is 12.1 Å². The van der Waals surface area contributed by atoms with Crippen LogP contribution in [0.2, 0.25) is 0 Å². The van der Waals surface area contributed by atoms with Gasteiger partial charge in [-0.25, -0.2) is 4.39 Å². The van der Waals surface area contributed by atoms with Gasteiger partial charge in [0.25, 0.3) is 0 Å². The number of hydrogen-bond acceptors (Lipinski definition) is 4. The van der Waals surface area contributed by atoms with Crippen LogP contribution in [0.3, 0.4) is 0 Å². The molecule has 0 aliphatic carbocycles. The van der Waals surface area contributed by atoms with Crippen LogP contribution >= 0.6 is 0 Å². The largest absolute Gasteiger partial charge is 0.360 e. The summed E-state index contributed by atoms with van der Waals surface area (Å²) in [7, 11) is 0. The standard InChI is InChI=1S/C14H14FN3O3/c1-9-8-12(18-21-9)17-14(20)13(19)16-7-6-10-4-2-3-5-11(10)15/h2-5,8H,6-7H2,1H3,(H,16,19)(H,17,18,20). The molecule has 0 unspecified atom stereocenters. The van der Waals surface area contributed by atoms with Crippen LogP contribution in [0, 0.1) is 12.7 Å². The molecule has 1 heterocycles. The normalized spacial score (nSPS) is 10.2. The molecule has 2 aromatic rings. The molecule has 2 rings (SSSR count). The molecule has 0 fully saturated rings. The molecule has 0 aliphatic rings. The fourth-order valence-electron chi connectivity index (χ4n) is 1.69. The van der Waals surface area contributed by atoms with Crippen LogP contribution in [-0.2, 0) is 16.0 Å². The van der Waals surface area contributed by atoms with Crippen molar-refractivity contribution in [3.05, 3.63) is 47.5 Å². The molecule has 0 spiro atoms. The fraction of sp³-hybridized carbons (Fsp3) is 0.214. The Balaban J connectivity index is 1.79. The van der Waals surface area contributed by atoms with Crippen LogP contribution in [0.5, 0.6) is 0 Å². The summed E-state index contributed by atoms with van der Waals surface area (Å²) in [5.74, 6) is -1.31. The molecule has 6 nitrogen and oxygen atoms in total. The molecular weight excluding hydrogens is 277 g/mol. The maximum Gasteiger partial charge on any atom is 0.314 e. The highest BCUT2D eigenvalue weighted by molar-refractivity contribution is 6.39. The van der Waals surface area contributed by atoms with Crippen molar-refractivity contribution in [2.24, 2.45) is 0 Å². The van der Waals surface area contributed by atoms with Crippen molar-refractivity contribution >= 4 is 17.6 Å². The lowest BCUT2D eigenvalue weighted by atomic mass is 10.1. The quantitative estimate of drug-likeness (QED) is 0.834. The minimum atomic E-state index is -0.850. The Morgan fingerprint density at radius 1 is 1.29 bits per heavy atom. The van der Waals surface area contributed by atoms with Gasteiger partial charge in [-0.3, -0.25) is 14.9 Å². The number of rotatable bonds is 4. The molecule has 0 atom stereocenters. The van der Waals surface area contributed by atoms with Crippen molar-refractivity contribution in [1.29, 1.82) is 0 Å². The summed E-state index contributed by atoms with van der Waals surface area (Å²) in [6.45, 7) is 1.82. The van der Waals surface area contributed by atoms with E-state index in [9.17, 15) is 14.0 Å². The van der Waals surface area contributed by atoms with Gasteiger partial charge in [-0.2, -0.15) is 0 Å². The Hall–Kier alpha value is -2.70. The van der Waals surface area contributed by atoms with Gasteiger partial charge in [-0.05, 0) is 25.0 Å². The predicted molar refractivity (Wildman–Crippen MR) is 73.0 cm³/mol. The molecule has 0 radical (unpaired) electrons. The van der Waals surface area contributed by atoms with Crippen molar-refractivity contribution in [3.8, 4) is 0 Å². The summed E-state index contributed by atoms with van der Waals surface area (Å²) in [6.07, 6.45) is 0.300. The van der Waals surface area contributed by atoms with Gasteiger partial charge in [-0.1, -0.05) is 23.4 Å². The molecule has 21 heavy (non-hydrogen) atoms. The summed E-state index contributed by atoms with van der Waals surface area (Å²) in [5.41, 5.74) is 0.477. The number of nitrogens with zero attached hydrogens (tertiary/aromatic N) is 1. The third kappa shape index (κ3) is 4.13. The second-order valence-electron chi connectivity index (χ2n) is 4.37. The Bertz CT molecular complexity index is 654. The number of benzene rings is 1. The van der Waals surface area contributed by atoms with E-state index >= 15 is 0 Å². The maximum absolute atomic E-state index is 13.4. The van der Waals surface area contributed by atoms with Crippen LogP contribution in [0.4, 0.5) is 10.2 Å². The number of aryl methyl sites for hydroxylation is 1. The second-order valence-corrected chi connectivity index (χ2v) is 4.37. The molecule has 0 bridgehead atoms. The van der Waals surface area contributed by atoms with Crippen molar-refractivity contribution in [3.63, 3.8) is 0 Å². The summed E-state index contributed by atoms with van der Waals surface area (Å²) in [6, 6.07) is 7.76. The van der Waals surface area contributed by atoms with Gasteiger partial charge in [0.15, 0.2) is 5.82 Å². The zero-order chi connectivity index (χ0) is 15.2. The average molecular weight is 291 g/mol. The minimum Gasteiger partial charge on any atom is -0.360 e. The van der Waals surface area contributed by atoms with Crippen molar-refractivity contribution in [2.45, 2.75) is 13.3 Å². The monoisotopic (exact) mass is 291 g/mol. The lowest BCUT2D eigenvalue weighted by Gasteiger charge is -2.05. The molecule has 1 aromatic carbocycles. The SMILES string of the molecule is Cc1cc(NC(=O)C(=O)NCCc2ccccc2F)no1. The van der Waals surface area contributed by atoms with Gasteiger partial charge < -0.3 is 9.84 Å². The zero-order valence-electron chi connectivity index (χ0n) is 11.4. The smallest absolute Gasteiger partial charge is 0.314 e. The summed E-state index contributed by atoms with van der Waals surface area (Å²) >= 11 is 0. The molecule has 2 N–H and O–H groups in total. The molecule has 2 amide bonds. The molecule has 110 valence electrons. The fourth-order valence-corrected chi connectivity index (χ4v) is 1.69. The molecule has 0 aliphatic heterocycles. The van der Waals surface area contributed by atoms with Crippen LogP contribution in [0.1, 0.15) is 11.3 Å². The van der Waals surface area contributed by atoms with Crippen LogP contribution < -0.4 is 10.6 Å². The Labute approximate surface area is 120 Å². The van der Waals surface area contributed by atoms with E-state index in [1.807, 2.05) is 0 Å². The number of hydrogen-bond donors (Lipinski definition) is 2. The van der Waals surface area contributed by atoms with Gasteiger partial charge in [-0.15, -0.1) is 0 Å². The van der Waals surface area contributed by atoms with Gasteiger partial charge in [0.05, 0.1) is 0 Å². The topological polar surface area (TPSA) is 84.2 Å². The highest BCUT2D eigenvalue weighted by atomic mass is 19.1. The lowest BCUT2D eigenvalue weighted by molar-refractivity contribution is -0.136. The Morgan fingerprint density at radius 3 is 2.71 bits per heavy atom. The van der Waals surface area contributed by atoms with Gasteiger partial charge in [0.2, 0.25) is 0 Å². The van der Waals surface area contributed by atoms with E-state index in [0.717, 1.165) is 0 Å². The molecular formula is C14H14FN3O3. The van der Waals surface area contributed by atoms with Crippen LogP contribution in [-0.4, -0.2) is 23.5 Å². The highest BCUT2D eigenvalue weighted by Gasteiger charge is 2.15. The number of halogens is 1. The van der Waals surface area contributed by atoms with E-state index in [4.69, 9.17) is 4.52 Å². The van der Waals surface area contributed by atoms with Crippen LogP contribution in [0.25, 0.3) is 0 Å². The first kappa shape index (κ1) is 14.7. The molecule has 0 saturated carbocycles. The Morgan fingerprint density at radius 2 is 2.05 bits per heavy atom. The maximum atomic E-state index is 13.4. The van der Waals surface area contributed by atoms with E-state index in [2.05, 4.69) is 15.8 Å². The zero-order valence-corrected chi connectivity index (χ0v) is 11.4. The summed E-state index contributed by atoms with van der Waals surface area (Å²) in [4.78, 5) is 23.1. The van der Waals surface area contributed by atoms with Crippen molar-refractivity contribution < 1.29 is 18.5 Å². The number of nitrogens with one attached hydrogen (secondary N) is 2. The van der Waals surface area contributed by atoms with Crippen LogP contribution in [0.15, 0.2) is 34.9 Å². The van der Waals surface area contributed by atoms with Crippen molar-refractivity contribution in [2.75, 3.05) is 11.9 Å².